The van der Waals surface area contributed by atoms with Crippen molar-refractivity contribution >= 4 is 5.91 Å². The van der Waals surface area contributed by atoms with E-state index in [9.17, 15) is 4.79 Å². The molecule has 4 heteroatoms. The second kappa shape index (κ2) is 6.71. The molecule has 0 bridgehead atoms. The van der Waals surface area contributed by atoms with E-state index < -0.39 is 0 Å². The fourth-order valence-corrected chi connectivity index (χ4v) is 2.81. The average Bonchev–Trinajstić information content (AvgIpc) is 2.37. The number of carbonyl (C=O) groups excluding carboxylic acids is 1. The van der Waals surface area contributed by atoms with Gasteiger partial charge in [0.15, 0.2) is 0 Å². The number of nitrogens with zero attached hydrogens (tertiary/aromatic N) is 1. The van der Waals surface area contributed by atoms with Crippen molar-refractivity contribution in [2.24, 2.45) is 11.7 Å². The van der Waals surface area contributed by atoms with Crippen LogP contribution in [0, 0.1) is 5.92 Å². The van der Waals surface area contributed by atoms with E-state index >= 15 is 0 Å². The van der Waals surface area contributed by atoms with E-state index in [1.54, 1.807) is 0 Å². The predicted octanol–water partition coefficient (Wildman–Crippen LogP) is 1.74. The first-order valence-corrected chi connectivity index (χ1v) is 7.60. The minimum atomic E-state index is -0.134. The summed E-state index contributed by atoms with van der Waals surface area (Å²) in [7, 11) is 0. The fourth-order valence-electron chi connectivity index (χ4n) is 2.81. The molecule has 3 atom stereocenters. The Hall–Kier alpha value is -0.610. The van der Waals surface area contributed by atoms with Crippen molar-refractivity contribution in [3.8, 4) is 0 Å². The smallest absolute Gasteiger partial charge is 0.237 e. The minimum absolute atomic E-state index is 0.0953. The van der Waals surface area contributed by atoms with Gasteiger partial charge in [-0.2, -0.15) is 0 Å². The zero-order valence-corrected chi connectivity index (χ0v) is 13.2. The Balaban J connectivity index is 2.69. The molecular formula is C15H31N3O. The summed E-state index contributed by atoms with van der Waals surface area (Å²) < 4.78 is 0. The van der Waals surface area contributed by atoms with E-state index in [1.807, 2.05) is 6.92 Å². The van der Waals surface area contributed by atoms with Gasteiger partial charge in [0.1, 0.15) is 0 Å². The lowest BCUT2D eigenvalue weighted by Gasteiger charge is -2.43. The third kappa shape index (κ3) is 4.18. The van der Waals surface area contributed by atoms with Gasteiger partial charge in [-0.3, -0.25) is 9.69 Å². The first-order valence-electron chi connectivity index (χ1n) is 7.60. The molecule has 1 aliphatic rings. The molecule has 1 amide bonds. The molecule has 3 N–H and O–H groups in total. The Morgan fingerprint density at radius 1 is 1.53 bits per heavy atom. The van der Waals surface area contributed by atoms with Gasteiger partial charge in [0.2, 0.25) is 5.91 Å². The Morgan fingerprint density at radius 3 is 2.68 bits per heavy atom. The van der Waals surface area contributed by atoms with E-state index in [0.717, 1.165) is 19.4 Å². The van der Waals surface area contributed by atoms with Crippen LogP contribution in [0.2, 0.25) is 0 Å². The number of rotatable bonds is 5. The summed E-state index contributed by atoms with van der Waals surface area (Å²) in [5.74, 6) is 0.701. The van der Waals surface area contributed by atoms with Crippen molar-refractivity contribution in [2.75, 3.05) is 13.1 Å². The van der Waals surface area contributed by atoms with Crippen LogP contribution in [0.5, 0.6) is 0 Å². The van der Waals surface area contributed by atoms with Crippen molar-refractivity contribution in [3.63, 3.8) is 0 Å². The molecule has 0 radical (unpaired) electrons. The van der Waals surface area contributed by atoms with Crippen molar-refractivity contribution in [1.29, 1.82) is 0 Å². The summed E-state index contributed by atoms with van der Waals surface area (Å²) in [5, 5.41) is 3.14. The summed E-state index contributed by atoms with van der Waals surface area (Å²) in [6, 6.07) is 0.237. The van der Waals surface area contributed by atoms with E-state index in [0.29, 0.717) is 18.5 Å². The van der Waals surface area contributed by atoms with E-state index in [4.69, 9.17) is 5.73 Å². The number of nitrogens with one attached hydrogen (secondary N) is 1. The van der Waals surface area contributed by atoms with Crippen molar-refractivity contribution < 1.29 is 4.79 Å². The topological polar surface area (TPSA) is 58.4 Å². The van der Waals surface area contributed by atoms with Gasteiger partial charge < -0.3 is 11.1 Å². The molecule has 112 valence electrons. The molecule has 3 unspecified atom stereocenters. The number of nitrogens with two attached hydrogens (primary N) is 1. The first-order chi connectivity index (χ1) is 8.82. The molecule has 0 aliphatic carbocycles. The summed E-state index contributed by atoms with van der Waals surface area (Å²) in [4.78, 5) is 14.7. The minimum Gasteiger partial charge on any atom is -0.350 e. The molecule has 0 aromatic heterocycles. The molecule has 0 aromatic carbocycles. The van der Waals surface area contributed by atoms with Crippen LogP contribution in [0.15, 0.2) is 0 Å². The second-order valence-corrected chi connectivity index (χ2v) is 6.56. The SMILES string of the molecule is CCC(C)(C)NC(=O)C(C)N1CCCC(C)C1CN. The highest BCUT2D eigenvalue weighted by Gasteiger charge is 2.34. The van der Waals surface area contributed by atoms with E-state index in [-0.39, 0.29) is 17.5 Å². The molecule has 1 aliphatic heterocycles. The zero-order chi connectivity index (χ0) is 14.6. The van der Waals surface area contributed by atoms with Crippen LogP contribution in [0.1, 0.15) is 53.9 Å². The van der Waals surface area contributed by atoms with Gasteiger partial charge in [0, 0.05) is 18.1 Å². The maximum Gasteiger partial charge on any atom is 0.237 e. The number of carbonyl (C=O) groups is 1. The summed E-state index contributed by atoms with van der Waals surface area (Å²) in [6.45, 7) is 12.1. The largest absolute Gasteiger partial charge is 0.350 e. The van der Waals surface area contributed by atoms with Gasteiger partial charge in [-0.1, -0.05) is 13.8 Å². The van der Waals surface area contributed by atoms with Gasteiger partial charge in [-0.15, -0.1) is 0 Å². The third-order valence-corrected chi connectivity index (χ3v) is 4.62. The Bertz CT molecular complexity index is 304. The monoisotopic (exact) mass is 269 g/mol. The van der Waals surface area contributed by atoms with Crippen LogP contribution in [0.4, 0.5) is 0 Å². The fraction of sp³-hybridized carbons (Fsp3) is 0.933. The molecule has 19 heavy (non-hydrogen) atoms. The van der Waals surface area contributed by atoms with Gasteiger partial charge in [-0.05, 0) is 52.5 Å². The maximum absolute atomic E-state index is 12.4. The highest BCUT2D eigenvalue weighted by molar-refractivity contribution is 5.82. The van der Waals surface area contributed by atoms with Crippen LogP contribution in [-0.4, -0.2) is 41.5 Å². The molecule has 1 heterocycles. The second-order valence-electron chi connectivity index (χ2n) is 6.56. The van der Waals surface area contributed by atoms with Gasteiger partial charge in [0.25, 0.3) is 0 Å². The number of hydrogen-bond acceptors (Lipinski definition) is 3. The Kier molecular flexibility index (Phi) is 5.81. The average molecular weight is 269 g/mol. The maximum atomic E-state index is 12.4. The molecular weight excluding hydrogens is 238 g/mol. The molecule has 1 rings (SSSR count). The van der Waals surface area contributed by atoms with Crippen molar-refractivity contribution in [3.05, 3.63) is 0 Å². The molecule has 0 spiro atoms. The highest BCUT2D eigenvalue weighted by atomic mass is 16.2. The first kappa shape index (κ1) is 16.4. The van der Waals surface area contributed by atoms with Crippen LogP contribution in [0.25, 0.3) is 0 Å². The van der Waals surface area contributed by atoms with E-state index in [2.05, 4.69) is 37.9 Å². The van der Waals surface area contributed by atoms with Crippen LogP contribution >= 0.6 is 0 Å². The lowest BCUT2D eigenvalue weighted by Crippen LogP contribution is -2.58. The molecule has 1 fully saturated rings. The number of piperidine rings is 1. The van der Waals surface area contributed by atoms with Crippen LogP contribution in [-0.2, 0) is 4.79 Å². The Labute approximate surface area is 118 Å². The highest BCUT2D eigenvalue weighted by Crippen LogP contribution is 2.24. The lowest BCUT2D eigenvalue weighted by atomic mass is 9.89. The summed E-state index contributed by atoms with van der Waals surface area (Å²) in [6.07, 6.45) is 3.31. The number of hydrogen-bond donors (Lipinski definition) is 2. The molecule has 0 aromatic rings. The summed E-state index contributed by atoms with van der Waals surface area (Å²) >= 11 is 0. The van der Waals surface area contributed by atoms with E-state index in [1.165, 1.54) is 6.42 Å². The predicted molar refractivity (Wildman–Crippen MR) is 79.9 cm³/mol. The van der Waals surface area contributed by atoms with Crippen molar-refractivity contribution in [1.82, 2.24) is 10.2 Å². The van der Waals surface area contributed by atoms with Crippen LogP contribution in [0.3, 0.4) is 0 Å². The normalized spacial score (nSPS) is 27.1. The standard InChI is InChI=1S/C15H31N3O/c1-6-15(4,5)17-14(19)12(3)18-9-7-8-11(2)13(18)10-16/h11-13H,6-10,16H2,1-5H3,(H,17,19). The number of amides is 1. The van der Waals surface area contributed by atoms with Gasteiger partial charge in [-0.25, -0.2) is 0 Å². The third-order valence-electron chi connectivity index (χ3n) is 4.62. The quantitative estimate of drug-likeness (QED) is 0.799. The Morgan fingerprint density at radius 2 is 2.16 bits per heavy atom. The van der Waals surface area contributed by atoms with Crippen molar-refractivity contribution in [2.45, 2.75) is 71.5 Å². The van der Waals surface area contributed by atoms with Gasteiger partial charge in [0.05, 0.1) is 6.04 Å². The summed E-state index contributed by atoms with van der Waals surface area (Å²) in [5.41, 5.74) is 5.77. The zero-order valence-electron chi connectivity index (χ0n) is 13.2. The van der Waals surface area contributed by atoms with Gasteiger partial charge >= 0.3 is 0 Å². The molecule has 4 nitrogen and oxygen atoms in total. The molecule has 0 saturated carbocycles. The van der Waals surface area contributed by atoms with Crippen LogP contribution < -0.4 is 11.1 Å². The molecule has 1 saturated heterocycles. The lowest BCUT2D eigenvalue weighted by molar-refractivity contribution is -0.129. The number of likely N-dealkylation sites (tertiary alicyclic amines) is 1.